The van der Waals surface area contributed by atoms with Crippen molar-refractivity contribution < 1.29 is 4.79 Å². The van der Waals surface area contributed by atoms with Gasteiger partial charge in [-0.1, -0.05) is 6.07 Å². The highest BCUT2D eigenvalue weighted by molar-refractivity contribution is 7.09. The van der Waals surface area contributed by atoms with Crippen LogP contribution in [0, 0.1) is 0 Å². The number of amides is 2. The molecule has 5 nitrogen and oxygen atoms in total. The Kier molecular flexibility index (Phi) is 5.06. The summed E-state index contributed by atoms with van der Waals surface area (Å²) in [6.07, 6.45) is 4.04. The van der Waals surface area contributed by atoms with Gasteiger partial charge in [0.2, 0.25) is 0 Å². The zero-order valence-corrected chi connectivity index (χ0v) is 12.4. The van der Waals surface area contributed by atoms with Gasteiger partial charge in [-0.25, -0.2) is 14.8 Å². The lowest BCUT2D eigenvalue weighted by Gasteiger charge is -2.24. The highest BCUT2D eigenvalue weighted by Gasteiger charge is 2.17. The second-order valence-corrected chi connectivity index (χ2v) is 5.51. The first-order valence-electron chi connectivity index (χ1n) is 6.47. The third-order valence-corrected chi connectivity index (χ3v) is 4.10. The molecule has 0 fully saturated rings. The van der Waals surface area contributed by atoms with Crippen LogP contribution in [0.1, 0.15) is 23.5 Å². The second-order valence-electron chi connectivity index (χ2n) is 4.48. The number of nitrogens with zero attached hydrogens (tertiary/aromatic N) is 3. The zero-order chi connectivity index (χ0) is 14.4. The summed E-state index contributed by atoms with van der Waals surface area (Å²) in [7, 11) is 1.77. The van der Waals surface area contributed by atoms with Gasteiger partial charge in [-0.15, -0.1) is 11.3 Å². The number of rotatable bonds is 5. The Labute approximate surface area is 122 Å². The molecule has 0 aliphatic heterocycles. The van der Waals surface area contributed by atoms with Crippen LogP contribution < -0.4 is 5.32 Å². The molecule has 2 heterocycles. The van der Waals surface area contributed by atoms with E-state index in [2.05, 4.69) is 21.4 Å². The molecule has 0 aliphatic carbocycles. The van der Waals surface area contributed by atoms with Crippen molar-refractivity contribution in [2.75, 3.05) is 13.6 Å². The Morgan fingerprint density at radius 3 is 3.00 bits per heavy atom. The molecule has 0 radical (unpaired) electrons. The number of thiophene rings is 1. The van der Waals surface area contributed by atoms with E-state index in [1.165, 1.54) is 11.2 Å². The van der Waals surface area contributed by atoms with Crippen molar-refractivity contribution in [3.05, 3.63) is 46.7 Å². The van der Waals surface area contributed by atoms with Crippen LogP contribution in [0.5, 0.6) is 0 Å². The van der Waals surface area contributed by atoms with E-state index in [0.29, 0.717) is 6.54 Å². The summed E-state index contributed by atoms with van der Waals surface area (Å²) in [6, 6.07) is 5.74. The molecule has 0 bridgehead atoms. The quantitative estimate of drug-likeness (QED) is 0.920. The van der Waals surface area contributed by atoms with Gasteiger partial charge in [0.1, 0.15) is 6.33 Å². The van der Waals surface area contributed by atoms with E-state index in [1.807, 2.05) is 24.4 Å². The van der Waals surface area contributed by atoms with Gasteiger partial charge in [0.15, 0.2) is 0 Å². The van der Waals surface area contributed by atoms with Gasteiger partial charge in [0.05, 0.1) is 11.7 Å². The molecule has 6 heteroatoms. The standard InChI is InChI=1S/C14H18N4OS/c1-11(13-6-7-15-10-17-13)18(2)14(19)16-8-5-12-4-3-9-20-12/h3-4,6-7,9-11H,5,8H2,1-2H3,(H,16,19)/t11-/m1/s1. The molecule has 2 amide bonds. The minimum Gasteiger partial charge on any atom is -0.338 e. The molecule has 2 aromatic rings. The summed E-state index contributed by atoms with van der Waals surface area (Å²) in [6.45, 7) is 2.58. The normalized spacial score (nSPS) is 11.9. The maximum absolute atomic E-state index is 12.1. The maximum Gasteiger partial charge on any atom is 0.317 e. The topological polar surface area (TPSA) is 58.1 Å². The highest BCUT2D eigenvalue weighted by Crippen LogP contribution is 2.15. The zero-order valence-electron chi connectivity index (χ0n) is 11.6. The van der Waals surface area contributed by atoms with Crippen LogP contribution in [-0.2, 0) is 6.42 Å². The molecular formula is C14H18N4OS. The van der Waals surface area contributed by atoms with E-state index in [9.17, 15) is 4.79 Å². The second kappa shape index (κ2) is 7.00. The summed E-state index contributed by atoms with van der Waals surface area (Å²) in [5.41, 5.74) is 0.830. The first-order valence-corrected chi connectivity index (χ1v) is 7.35. The van der Waals surface area contributed by atoms with Gasteiger partial charge in [0, 0.05) is 24.7 Å². The lowest BCUT2D eigenvalue weighted by molar-refractivity contribution is 0.193. The smallest absolute Gasteiger partial charge is 0.317 e. The van der Waals surface area contributed by atoms with Crippen LogP contribution in [0.3, 0.4) is 0 Å². The molecule has 0 saturated heterocycles. The predicted molar refractivity (Wildman–Crippen MR) is 79.6 cm³/mol. The average molecular weight is 290 g/mol. The number of carbonyl (C=O) groups excluding carboxylic acids is 1. The van der Waals surface area contributed by atoms with Crippen LogP contribution in [0.2, 0.25) is 0 Å². The van der Waals surface area contributed by atoms with Gasteiger partial charge >= 0.3 is 6.03 Å². The molecule has 20 heavy (non-hydrogen) atoms. The number of hydrogen-bond acceptors (Lipinski definition) is 4. The van der Waals surface area contributed by atoms with Gasteiger partial charge in [-0.3, -0.25) is 0 Å². The van der Waals surface area contributed by atoms with Crippen LogP contribution in [0.4, 0.5) is 4.79 Å². The van der Waals surface area contributed by atoms with Crippen LogP contribution in [-0.4, -0.2) is 34.5 Å². The largest absolute Gasteiger partial charge is 0.338 e. The van der Waals surface area contributed by atoms with E-state index >= 15 is 0 Å². The Bertz CT molecular complexity index is 529. The first-order chi connectivity index (χ1) is 9.68. The van der Waals surface area contributed by atoms with Crippen molar-refractivity contribution in [2.45, 2.75) is 19.4 Å². The lowest BCUT2D eigenvalue weighted by atomic mass is 10.2. The fourth-order valence-corrected chi connectivity index (χ4v) is 2.50. The van der Waals surface area contributed by atoms with Gasteiger partial charge < -0.3 is 10.2 Å². The number of urea groups is 1. The SMILES string of the molecule is C[C@H](c1ccncn1)N(C)C(=O)NCCc1cccs1. The van der Waals surface area contributed by atoms with E-state index in [0.717, 1.165) is 12.1 Å². The molecule has 0 aliphatic rings. The number of hydrogen-bond donors (Lipinski definition) is 1. The first kappa shape index (κ1) is 14.5. The fourth-order valence-electron chi connectivity index (χ4n) is 1.79. The van der Waals surface area contributed by atoms with Crippen molar-refractivity contribution in [3.8, 4) is 0 Å². The van der Waals surface area contributed by atoms with E-state index in [-0.39, 0.29) is 12.1 Å². The fraction of sp³-hybridized carbons (Fsp3) is 0.357. The maximum atomic E-state index is 12.1. The van der Waals surface area contributed by atoms with E-state index < -0.39 is 0 Å². The van der Waals surface area contributed by atoms with Crippen molar-refractivity contribution in [3.63, 3.8) is 0 Å². The molecular weight excluding hydrogens is 272 g/mol. The van der Waals surface area contributed by atoms with Gasteiger partial charge in [0.25, 0.3) is 0 Å². The molecule has 2 rings (SSSR count). The average Bonchev–Trinajstić information content (AvgIpc) is 2.99. The van der Waals surface area contributed by atoms with Crippen molar-refractivity contribution in [2.24, 2.45) is 0 Å². The Morgan fingerprint density at radius 1 is 1.50 bits per heavy atom. The van der Waals surface area contributed by atoms with Crippen LogP contribution in [0.15, 0.2) is 36.1 Å². The van der Waals surface area contributed by atoms with Crippen molar-refractivity contribution in [1.82, 2.24) is 20.2 Å². The Morgan fingerprint density at radius 2 is 2.35 bits per heavy atom. The summed E-state index contributed by atoms with van der Waals surface area (Å²) >= 11 is 1.70. The van der Waals surface area contributed by atoms with Gasteiger partial charge in [-0.2, -0.15) is 0 Å². The monoisotopic (exact) mass is 290 g/mol. The summed E-state index contributed by atoms with van der Waals surface area (Å²) in [5, 5.41) is 4.96. The Balaban J connectivity index is 1.82. The summed E-state index contributed by atoms with van der Waals surface area (Å²) in [4.78, 5) is 23.0. The van der Waals surface area contributed by atoms with Crippen LogP contribution in [0.25, 0.3) is 0 Å². The molecule has 1 N–H and O–H groups in total. The minimum atomic E-state index is -0.0901. The third-order valence-electron chi connectivity index (χ3n) is 3.16. The summed E-state index contributed by atoms with van der Waals surface area (Å²) < 4.78 is 0. The predicted octanol–water partition coefficient (Wildman–Crippen LogP) is 2.48. The number of nitrogens with one attached hydrogen (secondary N) is 1. The Hall–Kier alpha value is -1.95. The number of carbonyl (C=O) groups is 1. The summed E-state index contributed by atoms with van der Waals surface area (Å²) in [5.74, 6) is 0. The molecule has 0 saturated carbocycles. The molecule has 0 spiro atoms. The lowest BCUT2D eigenvalue weighted by Crippen LogP contribution is -2.39. The minimum absolute atomic E-state index is 0.0836. The molecule has 1 atom stereocenters. The number of aromatic nitrogens is 2. The van der Waals surface area contributed by atoms with Crippen LogP contribution >= 0.6 is 11.3 Å². The van der Waals surface area contributed by atoms with Gasteiger partial charge in [-0.05, 0) is 30.9 Å². The molecule has 106 valence electrons. The molecule has 0 aromatic carbocycles. The van der Waals surface area contributed by atoms with Crippen molar-refractivity contribution in [1.29, 1.82) is 0 Å². The van der Waals surface area contributed by atoms with E-state index in [1.54, 1.807) is 29.5 Å². The van der Waals surface area contributed by atoms with E-state index in [4.69, 9.17) is 0 Å². The van der Waals surface area contributed by atoms with Crippen molar-refractivity contribution >= 4 is 17.4 Å². The highest BCUT2D eigenvalue weighted by atomic mass is 32.1. The molecule has 2 aromatic heterocycles. The molecule has 0 unspecified atom stereocenters. The third kappa shape index (κ3) is 3.77.